The lowest BCUT2D eigenvalue weighted by molar-refractivity contribution is -0.168. The number of halogens is 1. The zero-order valence-corrected chi connectivity index (χ0v) is 21.9. The van der Waals surface area contributed by atoms with Crippen LogP contribution in [0.25, 0.3) is 10.8 Å². The van der Waals surface area contributed by atoms with Gasteiger partial charge in [0.25, 0.3) is 5.91 Å². The number of aliphatic carboxylic acids is 1. The van der Waals surface area contributed by atoms with Crippen LogP contribution in [0.15, 0.2) is 42.5 Å². The van der Waals surface area contributed by atoms with Crippen molar-refractivity contribution >= 4 is 57.8 Å². The maximum Gasteiger partial charge on any atom is 0.417 e. The first kappa shape index (κ1) is 29.9. The van der Waals surface area contributed by atoms with Crippen LogP contribution in [0.5, 0.6) is 5.75 Å². The molecular formula is C25H28ClN7O7. The molecule has 0 saturated carbocycles. The minimum atomic E-state index is -1.73. The van der Waals surface area contributed by atoms with E-state index in [0.717, 1.165) is 10.8 Å². The molecule has 1 heterocycles. The topological polar surface area (TPSA) is 235 Å². The van der Waals surface area contributed by atoms with Crippen molar-refractivity contribution in [2.24, 2.45) is 5.73 Å². The average Bonchev–Trinajstić information content (AvgIpc) is 2.92. The number of carboxylic acid groups (broad SMARTS) is 1. The van der Waals surface area contributed by atoms with E-state index in [4.69, 9.17) is 43.4 Å². The first-order chi connectivity index (χ1) is 19.1. The third-order valence-corrected chi connectivity index (χ3v) is 5.86. The number of carbonyl (C=O) groups excluding carboxylic acids is 3. The van der Waals surface area contributed by atoms with E-state index in [9.17, 15) is 19.2 Å². The van der Waals surface area contributed by atoms with Gasteiger partial charge in [-0.3, -0.25) is 9.59 Å². The summed E-state index contributed by atoms with van der Waals surface area (Å²) >= 11 is 6.17. The van der Waals surface area contributed by atoms with Crippen LogP contribution in [0.4, 0.5) is 11.6 Å². The van der Waals surface area contributed by atoms with Crippen molar-refractivity contribution in [3.8, 4) is 5.75 Å². The molecule has 0 bridgehead atoms. The summed E-state index contributed by atoms with van der Waals surface area (Å²) in [6.45, 7) is 0.270. The van der Waals surface area contributed by atoms with Crippen molar-refractivity contribution in [1.29, 1.82) is 0 Å². The predicted octanol–water partition coefficient (Wildman–Crippen LogP) is -0.176. The lowest BCUT2D eigenvalue weighted by atomic mass is 10.1. The number of benzene rings is 2. The van der Waals surface area contributed by atoms with Crippen molar-refractivity contribution in [2.75, 3.05) is 37.7 Å². The molecule has 0 aliphatic rings. The average molecular weight is 574 g/mol. The van der Waals surface area contributed by atoms with E-state index in [2.05, 4.69) is 20.6 Å². The van der Waals surface area contributed by atoms with Gasteiger partial charge in [-0.25, -0.2) is 19.6 Å². The summed E-state index contributed by atoms with van der Waals surface area (Å²) in [6, 6.07) is 13.0. The number of carbonyl (C=O) groups is 4. The van der Waals surface area contributed by atoms with E-state index in [1.54, 1.807) is 6.07 Å². The Labute approximate surface area is 233 Å². The molecule has 3 aromatic rings. The number of anilines is 2. The van der Waals surface area contributed by atoms with Gasteiger partial charge in [0.15, 0.2) is 11.5 Å². The SMILES string of the molecule is NC(=O)c1nc(CC(Cl)C(=O)NCCNCC(COc2cccc3ccccc23)OC(=O)C(=O)O)c(N)nc1N. The Hall–Kier alpha value is -4.69. The van der Waals surface area contributed by atoms with E-state index in [0.29, 0.717) is 5.75 Å². The maximum absolute atomic E-state index is 12.4. The van der Waals surface area contributed by atoms with E-state index in [1.165, 1.54) is 0 Å². The number of nitrogens with zero attached hydrogens (tertiary/aromatic N) is 2. The highest BCUT2D eigenvalue weighted by atomic mass is 35.5. The standard InChI is InChI=1S/C25H28ClN7O7/c26-16(10-17-20(27)33-21(28)19(32-17)22(29)34)23(35)31-9-8-30-11-14(40-25(38)24(36)37)12-39-18-7-3-5-13-4-1-2-6-15(13)18/h1-7,14,16,30H,8-12H2,(H2,29,34)(H,31,35)(H,36,37)(H4,27,28,33). The molecule has 9 N–H and O–H groups in total. The van der Waals surface area contributed by atoms with E-state index >= 15 is 0 Å². The van der Waals surface area contributed by atoms with Gasteiger partial charge in [-0.05, 0) is 11.5 Å². The van der Waals surface area contributed by atoms with Gasteiger partial charge >= 0.3 is 11.9 Å². The zero-order chi connectivity index (χ0) is 29.2. The van der Waals surface area contributed by atoms with Crippen LogP contribution < -0.4 is 32.6 Å². The fourth-order valence-corrected chi connectivity index (χ4v) is 3.80. The number of rotatable bonds is 13. The number of hydrogen-bond acceptors (Lipinski definition) is 11. The lowest BCUT2D eigenvalue weighted by Gasteiger charge is -2.19. The third-order valence-electron chi connectivity index (χ3n) is 5.51. The number of primary amides is 1. The number of hydrogen-bond donors (Lipinski definition) is 6. The second-order valence-electron chi connectivity index (χ2n) is 8.44. The van der Waals surface area contributed by atoms with E-state index < -0.39 is 35.2 Å². The van der Waals surface area contributed by atoms with E-state index in [-0.39, 0.29) is 55.7 Å². The van der Waals surface area contributed by atoms with Gasteiger partial charge < -0.3 is 42.4 Å². The molecule has 15 heteroatoms. The molecule has 0 spiro atoms. The highest BCUT2D eigenvalue weighted by Gasteiger charge is 2.23. The highest BCUT2D eigenvalue weighted by molar-refractivity contribution is 6.31. The van der Waals surface area contributed by atoms with Gasteiger partial charge in [-0.15, -0.1) is 11.6 Å². The second kappa shape index (κ2) is 13.9. The fourth-order valence-electron chi connectivity index (χ4n) is 3.58. The molecule has 2 atom stereocenters. The minimum Gasteiger partial charge on any atom is -0.489 e. The molecular weight excluding hydrogens is 546 g/mol. The quantitative estimate of drug-likeness (QED) is 0.0676. The van der Waals surface area contributed by atoms with Crippen LogP contribution in [0.2, 0.25) is 0 Å². The van der Waals surface area contributed by atoms with Crippen LogP contribution in [-0.2, 0) is 25.5 Å². The Morgan fingerprint density at radius 1 is 1.00 bits per heavy atom. The monoisotopic (exact) mass is 573 g/mol. The summed E-state index contributed by atoms with van der Waals surface area (Å²) in [6.07, 6.45) is -1.08. The molecule has 212 valence electrons. The van der Waals surface area contributed by atoms with Crippen LogP contribution in [0.3, 0.4) is 0 Å². The summed E-state index contributed by atoms with van der Waals surface area (Å²) in [5, 5.41) is 15.2. The van der Waals surface area contributed by atoms with Crippen molar-refractivity contribution in [2.45, 2.75) is 17.9 Å². The summed E-state index contributed by atoms with van der Waals surface area (Å²) in [7, 11) is 0. The van der Waals surface area contributed by atoms with Crippen LogP contribution in [-0.4, -0.2) is 76.5 Å². The second-order valence-corrected chi connectivity index (χ2v) is 8.97. The number of amides is 2. The predicted molar refractivity (Wildman–Crippen MR) is 146 cm³/mol. The molecule has 1 aromatic heterocycles. The molecule has 0 aliphatic carbocycles. The van der Waals surface area contributed by atoms with E-state index in [1.807, 2.05) is 36.4 Å². The largest absolute Gasteiger partial charge is 0.489 e. The lowest BCUT2D eigenvalue weighted by Crippen LogP contribution is -2.41. The number of esters is 1. The summed E-state index contributed by atoms with van der Waals surface area (Å²) in [5.41, 5.74) is 16.3. The Kier molecular flexibility index (Phi) is 10.4. The maximum atomic E-state index is 12.4. The number of nitrogens with one attached hydrogen (secondary N) is 2. The van der Waals surface area contributed by atoms with Gasteiger partial charge in [-0.1, -0.05) is 36.4 Å². The number of nitrogen functional groups attached to an aromatic ring is 2. The fraction of sp³-hybridized carbons (Fsp3) is 0.280. The third kappa shape index (κ3) is 8.15. The summed E-state index contributed by atoms with van der Waals surface area (Å²) in [4.78, 5) is 54.2. The first-order valence-electron chi connectivity index (χ1n) is 12.0. The highest BCUT2D eigenvalue weighted by Crippen LogP contribution is 2.25. The van der Waals surface area contributed by atoms with Crippen LogP contribution in [0.1, 0.15) is 16.2 Å². The van der Waals surface area contributed by atoms with Gasteiger partial charge in [-0.2, -0.15) is 0 Å². The van der Waals surface area contributed by atoms with Gasteiger partial charge in [0, 0.05) is 31.4 Å². The van der Waals surface area contributed by atoms with Crippen LogP contribution in [0, 0.1) is 0 Å². The number of aromatic nitrogens is 2. The molecule has 0 saturated heterocycles. The number of nitrogens with two attached hydrogens (primary N) is 3. The van der Waals surface area contributed by atoms with Crippen molar-refractivity contribution in [1.82, 2.24) is 20.6 Å². The van der Waals surface area contributed by atoms with Crippen LogP contribution >= 0.6 is 11.6 Å². The number of ether oxygens (including phenoxy) is 2. The molecule has 2 amide bonds. The Morgan fingerprint density at radius 2 is 1.73 bits per heavy atom. The van der Waals surface area contributed by atoms with Crippen molar-refractivity contribution in [3.05, 3.63) is 53.9 Å². The van der Waals surface area contributed by atoms with Gasteiger partial charge in [0.05, 0.1) is 5.69 Å². The number of fused-ring (bicyclic) bond motifs is 1. The smallest absolute Gasteiger partial charge is 0.417 e. The summed E-state index contributed by atoms with van der Waals surface area (Å²) < 4.78 is 10.9. The molecule has 0 fully saturated rings. The minimum absolute atomic E-state index is 0.0391. The Bertz CT molecular complexity index is 1400. The molecule has 40 heavy (non-hydrogen) atoms. The summed E-state index contributed by atoms with van der Waals surface area (Å²) in [5.74, 6) is -4.37. The molecule has 0 radical (unpaired) electrons. The number of carboxylic acids is 1. The molecule has 14 nitrogen and oxygen atoms in total. The molecule has 2 unspecified atom stereocenters. The van der Waals surface area contributed by atoms with Gasteiger partial charge in [0.2, 0.25) is 5.91 Å². The Morgan fingerprint density at radius 3 is 2.45 bits per heavy atom. The molecule has 3 rings (SSSR count). The molecule has 2 aromatic carbocycles. The zero-order valence-electron chi connectivity index (χ0n) is 21.1. The normalized spacial score (nSPS) is 12.3. The van der Waals surface area contributed by atoms with Crippen molar-refractivity contribution in [3.63, 3.8) is 0 Å². The van der Waals surface area contributed by atoms with Gasteiger partial charge in [0.1, 0.15) is 29.7 Å². The first-order valence-corrected chi connectivity index (χ1v) is 12.4. The molecule has 0 aliphatic heterocycles. The Balaban J connectivity index is 1.49. The van der Waals surface area contributed by atoms with Crippen molar-refractivity contribution < 1.29 is 33.8 Å². The number of alkyl halides is 1.